The van der Waals surface area contributed by atoms with Gasteiger partial charge in [-0.1, -0.05) is 26.7 Å². The average Bonchev–Trinajstić information content (AvgIpc) is 3.15. The van der Waals surface area contributed by atoms with Crippen molar-refractivity contribution < 1.29 is 0 Å². The molecule has 0 aromatic heterocycles. The number of rotatable bonds is 7. The number of nitrogens with one attached hydrogen (secondary N) is 1. The van der Waals surface area contributed by atoms with Gasteiger partial charge < -0.3 is 10.2 Å². The molecule has 0 amide bonds. The highest BCUT2D eigenvalue weighted by molar-refractivity contribution is 4.89. The van der Waals surface area contributed by atoms with Crippen molar-refractivity contribution in [2.75, 3.05) is 19.6 Å². The molecule has 0 aromatic carbocycles. The van der Waals surface area contributed by atoms with Crippen LogP contribution >= 0.6 is 0 Å². The SMILES string of the molecule is CCCN(CC1CCCCC1NCC)C1CC1. The molecule has 0 spiro atoms. The summed E-state index contributed by atoms with van der Waals surface area (Å²) in [5.74, 6) is 0.913. The van der Waals surface area contributed by atoms with E-state index in [0.717, 1.165) is 24.5 Å². The Balaban J connectivity index is 1.84. The first-order valence-electron chi connectivity index (χ1n) is 7.82. The lowest BCUT2D eigenvalue weighted by atomic mass is 9.84. The minimum Gasteiger partial charge on any atom is -0.314 e. The number of hydrogen-bond donors (Lipinski definition) is 1. The molecule has 2 saturated carbocycles. The van der Waals surface area contributed by atoms with E-state index in [2.05, 4.69) is 24.1 Å². The largest absolute Gasteiger partial charge is 0.314 e. The Morgan fingerprint density at radius 1 is 1.06 bits per heavy atom. The second kappa shape index (κ2) is 6.75. The smallest absolute Gasteiger partial charge is 0.0107 e. The Hall–Kier alpha value is -0.0800. The molecule has 2 fully saturated rings. The normalized spacial score (nSPS) is 29.8. The van der Waals surface area contributed by atoms with Crippen molar-refractivity contribution in [2.24, 2.45) is 5.92 Å². The van der Waals surface area contributed by atoms with E-state index in [0.29, 0.717) is 0 Å². The van der Waals surface area contributed by atoms with Crippen LogP contribution in [0, 0.1) is 5.92 Å². The van der Waals surface area contributed by atoms with E-state index in [1.54, 1.807) is 0 Å². The van der Waals surface area contributed by atoms with Crippen molar-refractivity contribution in [3.8, 4) is 0 Å². The highest BCUT2D eigenvalue weighted by Crippen LogP contribution is 2.31. The molecule has 0 bridgehead atoms. The molecule has 0 radical (unpaired) electrons. The van der Waals surface area contributed by atoms with E-state index < -0.39 is 0 Å². The van der Waals surface area contributed by atoms with Crippen molar-refractivity contribution in [3.63, 3.8) is 0 Å². The maximum Gasteiger partial charge on any atom is 0.0107 e. The Kier molecular flexibility index (Phi) is 5.30. The maximum atomic E-state index is 3.71. The third-order valence-electron chi connectivity index (χ3n) is 4.42. The molecular weight excluding hydrogens is 208 g/mol. The first kappa shape index (κ1) is 13.4. The van der Waals surface area contributed by atoms with Gasteiger partial charge in [0.1, 0.15) is 0 Å². The van der Waals surface area contributed by atoms with Crippen LogP contribution in [0.15, 0.2) is 0 Å². The van der Waals surface area contributed by atoms with Crippen LogP contribution < -0.4 is 5.32 Å². The van der Waals surface area contributed by atoms with Gasteiger partial charge in [-0.2, -0.15) is 0 Å². The lowest BCUT2D eigenvalue weighted by Crippen LogP contribution is -2.45. The predicted octanol–water partition coefficient (Wildman–Crippen LogP) is 3.03. The molecule has 0 saturated heterocycles. The number of nitrogens with zero attached hydrogens (tertiary/aromatic N) is 1. The summed E-state index contributed by atoms with van der Waals surface area (Å²) >= 11 is 0. The van der Waals surface area contributed by atoms with Crippen LogP contribution in [0.5, 0.6) is 0 Å². The van der Waals surface area contributed by atoms with Crippen LogP contribution in [0.1, 0.15) is 58.8 Å². The predicted molar refractivity (Wildman–Crippen MR) is 74.3 cm³/mol. The maximum absolute atomic E-state index is 3.71. The Bertz CT molecular complexity index is 211. The molecule has 100 valence electrons. The standard InChI is InChI=1S/C15H30N2/c1-3-11-17(14-9-10-14)12-13-7-5-6-8-15(13)16-4-2/h13-16H,3-12H2,1-2H3. The molecule has 2 unspecified atom stereocenters. The van der Waals surface area contributed by atoms with E-state index in [4.69, 9.17) is 0 Å². The summed E-state index contributed by atoms with van der Waals surface area (Å²) in [4.78, 5) is 2.78. The summed E-state index contributed by atoms with van der Waals surface area (Å²) in [6, 6.07) is 1.74. The van der Waals surface area contributed by atoms with Crippen LogP contribution in [-0.2, 0) is 0 Å². The van der Waals surface area contributed by atoms with Gasteiger partial charge in [0.25, 0.3) is 0 Å². The first-order valence-corrected chi connectivity index (χ1v) is 7.82. The summed E-state index contributed by atoms with van der Waals surface area (Å²) in [6.45, 7) is 8.38. The molecule has 2 rings (SSSR count). The second-order valence-electron chi connectivity index (χ2n) is 5.93. The molecule has 17 heavy (non-hydrogen) atoms. The molecule has 2 aliphatic carbocycles. The van der Waals surface area contributed by atoms with Gasteiger partial charge in [-0.3, -0.25) is 0 Å². The average molecular weight is 238 g/mol. The minimum absolute atomic E-state index is 0.798. The van der Waals surface area contributed by atoms with Crippen LogP contribution in [0.2, 0.25) is 0 Å². The fraction of sp³-hybridized carbons (Fsp3) is 1.00. The van der Waals surface area contributed by atoms with Crippen molar-refractivity contribution in [1.29, 1.82) is 0 Å². The molecular formula is C15H30N2. The van der Waals surface area contributed by atoms with Gasteiger partial charge in [-0.25, -0.2) is 0 Å². The van der Waals surface area contributed by atoms with E-state index in [1.165, 1.54) is 58.0 Å². The van der Waals surface area contributed by atoms with E-state index in [-0.39, 0.29) is 0 Å². The zero-order chi connectivity index (χ0) is 12.1. The first-order chi connectivity index (χ1) is 8.35. The molecule has 2 aliphatic rings. The van der Waals surface area contributed by atoms with Gasteiger partial charge in [-0.15, -0.1) is 0 Å². The number of hydrogen-bond acceptors (Lipinski definition) is 2. The molecule has 2 atom stereocenters. The zero-order valence-corrected chi connectivity index (χ0v) is 11.8. The quantitative estimate of drug-likeness (QED) is 0.733. The van der Waals surface area contributed by atoms with Crippen molar-refractivity contribution in [2.45, 2.75) is 70.9 Å². The Morgan fingerprint density at radius 3 is 2.47 bits per heavy atom. The van der Waals surface area contributed by atoms with Gasteiger partial charge in [0, 0.05) is 18.6 Å². The van der Waals surface area contributed by atoms with Crippen LogP contribution in [0.25, 0.3) is 0 Å². The van der Waals surface area contributed by atoms with Crippen LogP contribution in [-0.4, -0.2) is 36.6 Å². The molecule has 0 aromatic rings. The van der Waals surface area contributed by atoms with E-state index in [1.807, 2.05) is 0 Å². The fourth-order valence-corrected chi connectivity index (χ4v) is 3.41. The monoisotopic (exact) mass is 238 g/mol. The lowest BCUT2D eigenvalue weighted by molar-refractivity contribution is 0.162. The van der Waals surface area contributed by atoms with Crippen molar-refractivity contribution >= 4 is 0 Å². The fourth-order valence-electron chi connectivity index (χ4n) is 3.41. The topological polar surface area (TPSA) is 15.3 Å². The molecule has 0 aliphatic heterocycles. The molecule has 2 heteroatoms. The highest BCUT2D eigenvalue weighted by atomic mass is 15.2. The summed E-state index contributed by atoms with van der Waals surface area (Å²) in [5.41, 5.74) is 0. The van der Waals surface area contributed by atoms with E-state index in [9.17, 15) is 0 Å². The Labute approximate surface area is 107 Å². The van der Waals surface area contributed by atoms with Gasteiger partial charge >= 0.3 is 0 Å². The van der Waals surface area contributed by atoms with Crippen molar-refractivity contribution in [3.05, 3.63) is 0 Å². The van der Waals surface area contributed by atoms with E-state index >= 15 is 0 Å². The highest BCUT2D eigenvalue weighted by Gasteiger charge is 2.32. The van der Waals surface area contributed by atoms with Gasteiger partial charge in [-0.05, 0) is 51.1 Å². The molecule has 0 heterocycles. The summed E-state index contributed by atoms with van der Waals surface area (Å²) < 4.78 is 0. The van der Waals surface area contributed by atoms with Crippen LogP contribution in [0.3, 0.4) is 0 Å². The summed E-state index contributed by atoms with van der Waals surface area (Å²) in [7, 11) is 0. The third kappa shape index (κ3) is 3.96. The minimum atomic E-state index is 0.798. The van der Waals surface area contributed by atoms with Crippen molar-refractivity contribution in [1.82, 2.24) is 10.2 Å². The third-order valence-corrected chi connectivity index (χ3v) is 4.42. The van der Waals surface area contributed by atoms with Gasteiger partial charge in [0.15, 0.2) is 0 Å². The van der Waals surface area contributed by atoms with Gasteiger partial charge in [0.05, 0.1) is 0 Å². The summed E-state index contributed by atoms with van der Waals surface area (Å²) in [6.07, 6.45) is 9.97. The Morgan fingerprint density at radius 2 is 1.82 bits per heavy atom. The van der Waals surface area contributed by atoms with Crippen LogP contribution in [0.4, 0.5) is 0 Å². The summed E-state index contributed by atoms with van der Waals surface area (Å²) in [5, 5.41) is 3.71. The van der Waals surface area contributed by atoms with Gasteiger partial charge in [0.2, 0.25) is 0 Å². The zero-order valence-electron chi connectivity index (χ0n) is 11.8. The second-order valence-corrected chi connectivity index (χ2v) is 5.93. The lowest BCUT2D eigenvalue weighted by Gasteiger charge is -2.36. The molecule has 2 nitrogen and oxygen atoms in total. The molecule has 1 N–H and O–H groups in total.